The molecule has 0 aliphatic heterocycles. The third kappa shape index (κ3) is 2.47. The number of esters is 1. The Hall–Kier alpha value is -2.44. The zero-order chi connectivity index (χ0) is 14.7. The third-order valence-corrected chi connectivity index (χ3v) is 2.88. The first-order valence-corrected chi connectivity index (χ1v) is 6.14. The van der Waals surface area contributed by atoms with E-state index in [1.165, 1.54) is 0 Å². The number of carbonyl (C=O) groups excluding carboxylic acids is 1. The lowest BCUT2D eigenvalue weighted by molar-refractivity contribution is -0.143. The molecular formula is C13H17N3O4. The molecule has 2 aromatic rings. The smallest absolute Gasteiger partial charge is 0.326 e. The van der Waals surface area contributed by atoms with Gasteiger partial charge in [0.1, 0.15) is 6.54 Å². The number of nitrogen functional groups attached to an aromatic ring is 1. The van der Waals surface area contributed by atoms with Crippen LogP contribution in [0.5, 0.6) is 11.5 Å². The lowest BCUT2D eigenvalue weighted by Gasteiger charge is -2.09. The zero-order valence-corrected chi connectivity index (χ0v) is 11.7. The quantitative estimate of drug-likeness (QED) is 0.827. The summed E-state index contributed by atoms with van der Waals surface area (Å²) in [4.78, 5) is 15.8. The Kier molecular flexibility index (Phi) is 3.97. The van der Waals surface area contributed by atoms with E-state index in [1.807, 2.05) is 0 Å². The van der Waals surface area contributed by atoms with Crippen molar-refractivity contribution in [2.45, 2.75) is 13.5 Å². The van der Waals surface area contributed by atoms with Crippen LogP contribution in [0.2, 0.25) is 0 Å². The summed E-state index contributed by atoms with van der Waals surface area (Å²) in [7, 11) is 3.09. The number of imidazole rings is 1. The van der Waals surface area contributed by atoms with Gasteiger partial charge in [0.25, 0.3) is 0 Å². The van der Waals surface area contributed by atoms with E-state index in [0.29, 0.717) is 29.1 Å². The molecule has 0 unspecified atom stereocenters. The van der Waals surface area contributed by atoms with Gasteiger partial charge in [-0.1, -0.05) is 0 Å². The number of methoxy groups -OCH3 is 2. The number of nitrogens with zero attached hydrogens (tertiary/aromatic N) is 2. The van der Waals surface area contributed by atoms with Crippen LogP contribution in [0.1, 0.15) is 6.92 Å². The topological polar surface area (TPSA) is 88.6 Å². The number of fused-ring (bicyclic) bond motifs is 1. The highest BCUT2D eigenvalue weighted by molar-refractivity contribution is 5.84. The first-order valence-electron chi connectivity index (χ1n) is 6.14. The largest absolute Gasteiger partial charge is 0.493 e. The van der Waals surface area contributed by atoms with Crippen molar-refractivity contribution in [1.29, 1.82) is 0 Å². The van der Waals surface area contributed by atoms with Crippen molar-refractivity contribution >= 4 is 23.0 Å². The van der Waals surface area contributed by atoms with Crippen molar-refractivity contribution in [3.63, 3.8) is 0 Å². The van der Waals surface area contributed by atoms with Gasteiger partial charge in [0.15, 0.2) is 11.5 Å². The molecule has 108 valence electrons. The van der Waals surface area contributed by atoms with Gasteiger partial charge in [-0.3, -0.25) is 9.36 Å². The average Bonchev–Trinajstić information content (AvgIpc) is 2.73. The maximum atomic E-state index is 11.6. The van der Waals surface area contributed by atoms with Crippen molar-refractivity contribution in [3.8, 4) is 11.5 Å². The molecule has 0 bridgehead atoms. The molecule has 0 saturated carbocycles. The molecule has 0 fully saturated rings. The molecule has 0 radical (unpaired) electrons. The summed E-state index contributed by atoms with van der Waals surface area (Å²) >= 11 is 0. The van der Waals surface area contributed by atoms with Gasteiger partial charge < -0.3 is 19.9 Å². The Morgan fingerprint density at radius 3 is 2.55 bits per heavy atom. The highest BCUT2D eigenvalue weighted by Crippen LogP contribution is 2.32. The molecule has 0 atom stereocenters. The molecule has 0 aliphatic carbocycles. The van der Waals surface area contributed by atoms with Crippen LogP contribution in [0.3, 0.4) is 0 Å². The van der Waals surface area contributed by atoms with Crippen LogP contribution >= 0.6 is 0 Å². The Balaban J connectivity index is 2.49. The second kappa shape index (κ2) is 5.68. The van der Waals surface area contributed by atoms with Crippen LogP contribution in [0.25, 0.3) is 11.0 Å². The fraction of sp³-hybridized carbons (Fsp3) is 0.385. The predicted molar refractivity (Wildman–Crippen MR) is 73.9 cm³/mol. The molecule has 0 aliphatic rings. The van der Waals surface area contributed by atoms with Gasteiger partial charge in [-0.15, -0.1) is 0 Å². The van der Waals surface area contributed by atoms with Crippen LogP contribution < -0.4 is 15.2 Å². The Morgan fingerprint density at radius 2 is 1.95 bits per heavy atom. The van der Waals surface area contributed by atoms with Crippen LogP contribution in [-0.2, 0) is 16.1 Å². The van der Waals surface area contributed by atoms with Gasteiger partial charge in [-0.25, -0.2) is 4.98 Å². The summed E-state index contributed by atoms with van der Waals surface area (Å²) in [5.74, 6) is 0.974. The van der Waals surface area contributed by atoms with Crippen LogP contribution in [0.4, 0.5) is 5.95 Å². The number of carbonyl (C=O) groups is 1. The minimum Gasteiger partial charge on any atom is -0.493 e. The molecule has 0 amide bonds. The first kappa shape index (κ1) is 14.0. The standard InChI is InChI=1S/C13H17N3O4/c1-4-20-12(17)7-16-9-6-11(19-3)10(18-2)5-8(9)15-13(16)14/h5-6H,4,7H2,1-3H3,(H2,14,15). The lowest BCUT2D eigenvalue weighted by atomic mass is 10.2. The van der Waals surface area contributed by atoms with E-state index in [-0.39, 0.29) is 18.5 Å². The van der Waals surface area contributed by atoms with Crippen molar-refractivity contribution in [3.05, 3.63) is 12.1 Å². The van der Waals surface area contributed by atoms with Gasteiger partial charge in [0.2, 0.25) is 5.95 Å². The van der Waals surface area contributed by atoms with Crippen molar-refractivity contribution < 1.29 is 19.0 Å². The van der Waals surface area contributed by atoms with E-state index >= 15 is 0 Å². The number of rotatable bonds is 5. The number of anilines is 1. The third-order valence-electron chi connectivity index (χ3n) is 2.88. The van der Waals surface area contributed by atoms with E-state index in [9.17, 15) is 4.79 Å². The fourth-order valence-corrected chi connectivity index (χ4v) is 1.97. The highest BCUT2D eigenvalue weighted by atomic mass is 16.5. The molecule has 7 heteroatoms. The monoisotopic (exact) mass is 279 g/mol. The van der Waals surface area contributed by atoms with Gasteiger partial charge in [0, 0.05) is 12.1 Å². The normalized spacial score (nSPS) is 10.6. The number of hydrogen-bond acceptors (Lipinski definition) is 6. The summed E-state index contributed by atoms with van der Waals surface area (Å²) in [5.41, 5.74) is 7.16. The molecule has 0 saturated heterocycles. The summed E-state index contributed by atoms with van der Waals surface area (Å²) < 4.78 is 16.9. The number of aromatic nitrogens is 2. The Morgan fingerprint density at radius 1 is 1.30 bits per heavy atom. The van der Waals surface area contributed by atoms with Gasteiger partial charge in [-0.05, 0) is 6.92 Å². The first-order chi connectivity index (χ1) is 9.60. The Labute approximate surface area is 116 Å². The fourth-order valence-electron chi connectivity index (χ4n) is 1.97. The Bertz CT molecular complexity index is 636. The van der Waals surface area contributed by atoms with Crippen molar-refractivity contribution in [2.24, 2.45) is 0 Å². The second-order valence-electron chi connectivity index (χ2n) is 4.06. The van der Waals surface area contributed by atoms with Gasteiger partial charge in [0.05, 0.1) is 31.9 Å². The highest BCUT2D eigenvalue weighted by Gasteiger charge is 2.15. The van der Waals surface area contributed by atoms with E-state index in [2.05, 4.69) is 4.98 Å². The number of benzene rings is 1. The number of hydrogen-bond donors (Lipinski definition) is 1. The van der Waals surface area contributed by atoms with Crippen molar-refractivity contribution in [2.75, 3.05) is 26.6 Å². The SMILES string of the molecule is CCOC(=O)Cn1c(N)nc2cc(OC)c(OC)cc21. The molecule has 1 aromatic carbocycles. The molecule has 2 rings (SSSR count). The average molecular weight is 279 g/mol. The second-order valence-corrected chi connectivity index (χ2v) is 4.06. The minimum atomic E-state index is -0.367. The van der Waals surface area contributed by atoms with Crippen LogP contribution in [-0.4, -0.2) is 36.3 Å². The summed E-state index contributed by atoms with van der Waals surface area (Å²) in [6, 6.07) is 3.45. The summed E-state index contributed by atoms with van der Waals surface area (Å²) in [6.07, 6.45) is 0. The predicted octanol–water partition coefficient (Wildman–Crippen LogP) is 1.20. The van der Waals surface area contributed by atoms with Crippen LogP contribution in [0, 0.1) is 0 Å². The van der Waals surface area contributed by atoms with Crippen LogP contribution in [0.15, 0.2) is 12.1 Å². The molecular weight excluding hydrogens is 262 g/mol. The molecule has 1 aromatic heterocycles. The van der Waals surface area contributed by atoms with E-state index in [0.717, 1.165) is 0 Å². The molecule has 20 heavy (non-hydrogen) atoms. The van der Waals surface area contributed by atoms with Crippen molar-refractivity contribution in [1.82, 2.24) is 9.55 Å². The molecule has 7 nitrogen and oxygen atoms in total. The molecule has 2 N–H and O–H groups in total. The summed E-state index contributed by atoms with van der Waals surface area (Å²) in [5, 5.41) is 0. The number of nitrogens with two attached hydrogens (primary N) is 1. The molecule has 1 heterocycles. The maximum absolute atomic E-state index is 11.6. The maximum Gasteiger partial charge on any atom is 0.326 e. The van der Waals surface area contributed by atoms with E-state index < -0.39 is 0 Å². The number of ether oxygens (including phenoxy) is 3. The summed E-state index contributed by atoms with van der Waals surface area (Å²) in [6.45, 7) is 2.08. The molecule has 0 spiro atoms. The lowest BCUT2D eigenvalue weighted by Crippen LogP contribution is -2.15. The van der Waals surface area contributed by atoms with Gasteiger partial charge in [-0.2, -0.15) is 0 Å². The minimum absolute atomic E-state index is 0.00561. The van der Waals surface area contributed by atoms with E-state index in [1.54, 1.807) is 37.8 Å². The van der Waals surface area contributed by atoms with E-state index in [4.69, 9.17) is 19.9 Å². The van der Waals surface area contributed by atoms with Gasteiger partial charge >= 0.3 is 5.97 Å². The zero-order valence-electron chi connectivity index (χ0n) is 11.7.